The summed E-state index contributed by atoms with van der Waals surface area (Å²) in [5.41, 5.74) is 5.51. The minimum Gasteiger partial charge on any atom is -0.322 e. The van der Waals surface area contributed by atoms with Gasteiger partial charge in [-0.05, 0) is 80.1 Å². The van der Waals surface area contributed by atoms with Gasteiger partial charge < -0.3 is 5.32 Å². The van der Waals surface area contributed by atoms with Crippen LogP contribution in [-0.4, -0.2) is 32.5 Å². The smallest absolute Gasteiger partial charge is 0.264 e. The predicted octanol–water partition coefficient (Wildman–Crippen LogP) is 5.12. The molecule has 0 atom stereocenters. The van der Waals surface area contributed by atoms with Gasteiger partial charge in [-0.25, -0.2) is 18.2 Å². The molecular formula is C30H27FN4O4S. The standard InChI is InChI=1S/C30H27FN4O4S/c1-21-11-17-28(18-12-21)40(38,39)35(27-15-13-25(31)14-16-27)20-29(36)34-33-22(2)24-9-6-10-26(19-24)32-30(37)23-7-4-3-5-8-23/h3-19H,20H2,1-2H3,(H,32,37)(H,34,36)/b33-22-. The molecule has 0 aliphatic carbocycles. The molecule has 40 heavy (non-hydrogen) atoms. The minimum atomic E-state index is -4.15. The molecule has 0 radical (unpaired) electrons. The molecule has 0 spiro atoms. The summed E-state index contributed by atoms with van der Waals surface area (Å²) in [6.45, 7) is 2.90. The van der Waals surface area contributed by atoms with Crippen LogP contribution in [0.3, 0.4) is 0 Å². The number of sulfonamides is 1. The second-order valence-corrected chi connectivity index (χ2v) is 10.8. The lowest BCUT2D eigenvalue weighted by Crippen LogP contribution is -2.39. The van der Waals surface area contributed by atoms with E-state index in [0.717, 1.165) is 22.0 Å². The van der Waals surface area contributed by atoms with Crippen LogP contribution >= 0.6 is 0 Å². The van der Waals surface area contributed by atoms with E-state index in [-0.39, 0.29) is 16.5 Å². The van der Waals surface area contributed by atoms with Crippen molar-refractivity contribution in [3.05, 3.63) is 126 Å². The zero-order chi connectivity index (χ0) is 28.7. The molecule has 2 amide bonds. The number of amides is 2. The zero-order valence-corrected chi connectivity index (χ0v) is 22.7. The zero-order valence-electron chi connectivity index (χ0n) is 21.8. The third-order valence-electron chi connectivity index (χ3n) is 5.93. The highest BCUT2D eigenvalue weighted by Crippen LogP contribution is 2.24. The summed E-state index contributed by atoms with van der Waals surface area (Å²) in [6.07, 6.45) is 0. The quantitative estimate of drug-likeness (QED) is 0.220. The number of carbonyl (C=O) groups is 2. The molecular weight excluding hydrogens is 531 g/mol. The molecule has 0 aromatic heterocycles. The highest BCUT2D eigenvalue weighted by molar-refractivity contribution is 7.92. The number of hydrogen-bond acceptors (Lipinski definition) is 5. The number of hydrazone groups is 1. The molecule has 2 N–H and O–H groups in total. The Morgan fingerprint density at radius 1 is 0.850 bits per heavy atom. The molecule has 0 bridgehead atoms. The van der Waals surface area contributed by atoms with Gasteiger partial charge in [0.1, 0.15) is 12.4 Å². The normalized spacial score (nSPS) is 11.5. The van der Waals surface area contributed by atoms with Gasteiger partial charge in [-0.2, -0.15) is 5.10 Å². The number of aryl methyl sites for hydroxylation is 1. The summed E-state index contributed by atoms with van der Waals surface area (Å²) in [4.78, 5) is 25.3. The average Bonchev–Trinajstić information content (AvgIpc) is 2.96. The van der Waals surface area contributed by atoms with E-state index in [2.05, 4.69) is 15.8 Å². The largest absolute Gasteiger partial charge is 0.322 e. The van der Waals surface area contributed by atoms with Crippen molar-refractivity contribution in [3.63, 3.8) is 0 Å². The maximum absolute atomic E-state index is 13.5. The van der Waals surface area contributed by atoms with Gasteiger partial charge in [0.2, 0.25) is 0 Å². The first-order valence-corrected chi connectivity index (χ1v) is 13.7. The number of benzene rings is 4. The van der Waals surface area contributed by atoms with Crippen LogP contribution in [0.15, 0.2) is 113 Å². The lowest BCUT2D eigenvalue weighted by atomic mass is 10.1. The number of halogens is 1. The Bertz CT molecular complexity index is 1640. The van der Waals surface area contributed by atoms with Gasteiger partial charge in [0.25, 0.3) is 21.8 Å². The molecule has 204 valence electrons. The summed E-state index contributed by atoms with van der Waals surface area (Å²) in [5, 5.41) is 6.94. The number of rotatable bonds is 9. The third-order valence-corrected chi connectivity index (χ3v) is 7.72. The number of nitrogens with zero attached hydrogens (tertiary/aromatic N) is 2. The maximum atomic E-state index is 13.5. The highest BCUT2D eigenvalue weighted by atomic mass is 32.2. The third kappa shape index (κ3) is 6.97. The van der Waals surface area contributed by atoms with Crippen LogP contribution in [0, 0.1) is 12.7 Å². The second kappa shape index (κ2) is 12.4. The molecule has 0 fully saturated rings. The van der Waals surface area contributed by atoms with Gasteiger partial charge in [-0.1, -0.05) is 48.0 Å². The number of nitrogens with one attached hydrogen (secondary N) is 2. The first-order chi connectivity index (χ1) is 19.1. The van der Waals surface area contributed by atoms with Gasteiger partial charge in [0.15, 0.2) is 0 Å². The molecule has 8 nitrogen and oxygen atoms in total. The van der Waals surface area contributed by atoms with Crippen molar-refractivity contribution >= 4 is 38.9 Å². The monoisotopic (exact) mass is 558 g/mol. The summed E-state index contributed by atoms with van der Waals surface area (Å²) in [7, 11) is -4.15. The number of anilines is 2. The fourth-order valence-corrected chi connectivity index (χ4v) is 5.17. The van der Waals surface area contributed by atoms with Crippen LogP contribution in [0.5, 0.6) is 0 Å². The highest BCUT2D eigenvalue weighted by Gasteiger charge is 2.27. The van der Waals surface area contributed by atoms with E-state index >= 15 is 0 Å². The van der Waals surface area contributed by atoms with E-state index in [1.54, 1.807) is 67.6 Å². The molecule has 0 aliphatic heterocycles. The molecule has 4 aromatic carbocycles. The van der Waals surface area contributed by atoms with E-state index in [4.69, 9.17) is 0 Å². The van der Waals surface area contributed by atoms with Crippen molar-refractivity contribution in [2.75, 3.05) is 16.2 Å². The van der Waals surface area contributed by atoms with E-state index in [1.807, 2.05) is 13.0 Å². The molecule has 0 saturated heterocycles. The Balaban J connectivity index is 1.50. The van der Waals surface area contributed by atoms with Gasteiger partial charge in [0, 0.05) is 11.3 Å². The first-order valence-electron chi connectivity index (χ1n) is 12.3. The van der Waals surface area contributed by atoms with Crippen LogP contribution < -0.4 is 15.0 Å². The summed E-state index contributed by atoms with van der Waals surface area (Å²) < 4.78 is 41.3. The first kappa shape index (κ1) is 28.2. The van der Waals surface area contributed by atoms with Gasteiger partial charge in [-0.15, -0.1) is 0 Å². The average molecular weight is 559 g/mol. The predicted molar refractivity (Wildman–Crippen MR) is 153 cm³/mol. The lowest BCUT2D eigenvalue weighted by Gasteiger charge is -2.23. The lowest BCUT2D eigenvalue weighted by molar-refractivity contribution is -0.119. The Kier molecular flexibility index (Phi) is 8.70. The molecule has 4 aromatic rings. The molecule has 0 saturated carbocycles. The minimum absolute atomic E-state index is 0.00993. The topological polar surface area (TPSA) is 108 Å². The Hall–Kier alpha value is -4.83. The van der Waals surface area contributed by atoms with Crippen molar-refractivity contribution in [3.8, 4) is 0 Å². The van der Waals surface area contributed by atoms with Crippen LogP contribution in [-0.2, 0) is 14.8 Å². The van der Waals surface area contributed by atoms with Crippen molar-refractivity contribution < 1.29 is 22.4 Å². The van der Waals surface area contributed by atoms with Crippen molar-refractivity contribution in [1.29, 1.82) is 0 Å². The fourth-order valence-electron chi connectivity index (χ4n) is 3.75. The van der Waals surface area contributed by atoms with Crippen molar-refractivity contribution in [1.82, 2.24) is 5.43 Å². The molecule has 0 unspecified atom stereocenters. The van der Waals surface area contributed by atoms with Gasteiger partial charge in [0.05, 0.1) is 16.3 Å². The van der Waals surface area contributed by atoms with E-state index in [0.29, 0.717) is 22.5 Å². The Labute approximate surface area is 232 Å². The maximum Gasteiger partial charge on any atom is 0.264 e. The number of hydrogen-bond donors (Lipinski definition) is 2. The number of carbonyl (C=O) groups excluding carboxylic acids is 2. The summed E-state index contributed by atoms with van der Waals surface area (Å²) >= 11 is 0. The molecule has 4 rings (SSSR count). The Morgan fingerprint density at radius 2 is 1.50 bits per heavy atom. The van der Waals surface area contributed by atoms with E-state index in [1.165, 1.54) is 24.3 Å². The van der Waals surface area contributed by atoms with Crippen LogP contribution in [0.4, 0.5) is 15.8 Å². The second-order valence-electron chi connectivity index (χ2n) is 8.93. The van der Waals surface area contributed by atoms with Crippen LogP contribution in [0.25, 0.3) is 0 Å². The van der Waals surface area contributed by atoms with Crippen molar-refractivity contribution in [2.24, 2.45) is 5.10 Å². The van der Waals surface area contributed by atoms with E-state index in [9.17, 15) is 22.4 Å². The Morgan fingerprint density at radius 3 is 2.17 bits per heavy atom. The summed E-state index contributed by atoms with van der Waals surface area (Å²) in [6, 6.07) is 26.7. The van der Waals surface area contributed by atoms with E-state index < -0.39 is 28.3 Å². The molecule has 0 aliphatic rings. The SMILES string of the molecule is C/C(=N/NC(=O)CN(c1ccc(F)cc1)S(=O)(=O)c1ccc(C)cc1)c1cccc(NC(=O)c2ccccc2)c1. The molecule has 0 heterocycles. The van der Waals surface area contributed by atoms with Crippen LogP contribution in [0.2, 0.25) is 0 Å². The van der Waals surface area contributed by atoms with Gasteiger partial charge in [-0.3, -0.25) is 13.9 Å². The van der Waals surface area contributed by atoms with Crippen LogP contribution in [0.1, 0.15) is 28.4 Å². The summed E-state index contributed by atoms with van der Waals surface area (Å²) in [5.74, 6) is -1.51. The molecule has 10 heteroatoms. The van der Waals surface area contributed by atoms with Crippen molar-refractivity contribution in [2.45, 2.75) is 18.7 Å². The van der Waals surface area contributed by atoms with Gasteiger partial charge >= 0.3 is 0 Å². The fraction of sp³-hybridized carbons (Fsp3) is 0.100.